The van der Waals surface area contributed by atoms with Gasteiger partial charge in [-0.2, -0.15) is 0 Å². The monoisotopic (exact) mass is 340 g/mol. The Hall–Kier alpha value is -1.61. The third kappa shape index (κ3) is 4.33. The number of carbonyl (C=O) groups excluding carboxylic acids is 1. The summed E-state index contributed by atoms with van der Waals surface area (Å²) >= 11 is 0. The molecule has 3 heteroatoms. The first-order chi connectivity index (χ1) is 12.2. The zero-order valence-corrected chi connectivity index (χ0v) is 15.8. The summed E-state index contributed by atoms with van der Waals surface area (Å²) in [6.45, 7) is 5.33. The van der Waals surface area contributed by atoms with Gasteiger partial charge in [0.25, 0.3) is 5.91 Å². The second-order valence-corrected chi connectivity index (χ2v) is 7.56. The second kappa shape index (κ2) is 8.66. The van der Waals surface area contributed by atoms with Crippen molar-refractivity contribution in [3.05, 3.63) is 47.0 Å². The van der Waals surface area contributed by atoms with Crippen molar-refractivity contribution in [3.8, 4) is 0 Å². The van der Waals surface area contributed by atoms with E-state index in [0.717, 1.165) is 50.6 Å². The number of hydrogen-bond acceptors (Lipinski definition) is 2. The molecule has 0 unspecified atom stereocenters. The minimum Gasteiger partial charge on any atom is -0.319 e. The molecule has 1 aliphatic heterocycles. The topological polar surface area (TPSA) is 32.3 Å². The Kier molecular flexibility index (Phi) is 6.30. The smallest absolute Gasteiger partial charge is 0.251 e. The van der Waals surface area contributed by atoms with Crippen molar-refractivity contribution in [2.45, 2.75) is 77.4 Å². The molecule has 0 saturated heterocycles. The number of unbranched alkanes of at least 4 members (excludes halogenated alkanes) is 1. The molecule has 0 radical (unpaired) electrons. The van der Waals surface area contributed by atoms with Crippen LogP contribution < -0.4 is 5.32 Å². The van der Waals surface area contributed by atoms with Crippen LogP contribution in [-0.4, -0.2) is 29.6 Å². The molecule has 25 heavy (non-hydrogen) atoms. The van der Waals surface area contributed by atoms with E-state index in [9.17, 15) is 4.79 Å². The molecule has 0 spiro atoms. The Balaban J connectivity index is 1.64. The minimum absolute atomic E-state index is 0.139. The number of nitrogens with zero attached hydrogens (tertiary/aromatic N) is 1. The molecule has 0 saturated carbocycles. The third-order valence-corrected chi connectivity index (χ3v) is 5.58. The predicted molar refractivity (Wildman–Crippen MR) is 103 cm³/mol. The van der Waals surface area contributed by atoms with Crippen LogP contribution in [0.3, 0.4) is 0 Å². The first kappa shape index (κ1) is 18.2. The van der Waals surface area contributed by atoms with Crippen molar-refractivity contribution in [2.24, 2.45) is 0 Å². The Morgan fingerprint density at radius 3 is 2.72 bits per heavy atom. The van der Waals surface area contributed by atoms with Crippen LogP contribution in [0.2, 0.25) is 0 Å². The lowest BCUT2D eigenvalue weighted by atomic mass is 9.92. The number of rotatable bonds is 8. The first-order valence-corrected chi connectivity index (χ1v) is 10.0. The van der Waals surface area contributed by atoms with Crippen molar-refractivity contribution >= 4 is 5.91 Å². The fourth-order valence-electron chi connectivity index (χ4n) is 4.08. The number of benzene rings is 1. The summed E-state index contributed by atoms with van der Waals surface area (Å²) in [7, 11) is 0. The summed E-state index contributed by atoms with van der Waals surface area (Å²) in [5.74, 6) is 0.302. The van der Waals surface area contributed by atoms with E-state index in [4.69, 9.17) is 0 Å². The van der Waals surface area contributed by atoms with E-state index >= 15 is 0 Å². The maximum Gasteiger partial charge on any atom is 0.251 e. The lowest BCUT2D eigenvalue weighted by Gasteiger charge is -2.31. The SMILES string of the molecule is CCCCN1C(=O)C2=C(CCCC2)[C@H]1N[C@H](C)CCc1ccccc1. The summed E-state index contributed by atoms with van der Waals surface area (Å²) in [6, 6.07) is 11.1. The molecule has 136 valence electrons. The molecule has 0 aromatic heterocycles. The van der Waals surface area contributed by atoms with Gasteiger partial charge in [0.1, 0.15) is 6.17 Å². The minimum atomic E-state index is 0.139. The van der Waals surface area contributed by atoms with Gasteiger partial charge in [-0.1, -0.05) is 43.7 Å². The highest BCUT2D eigenvalue weighted by molar-refractivity contribution is 5.97. The molecule has 1 aliphatic carbocycles. The van der Waals surface area contributed by atoms with Crippen LogP contribution in [0.1, 0.15) is 64.4 Å². The Morgan fingerprint density at radius 1 is 1.20 bits per heavy atom. The lowest BCUT2D eigenvalue weighted by molar-refractivity contribution is -0.127. The average molecular weight is 341 g/mol. The molecule has 1 amide bonds. The fraction of sp³-hybridized carbons (Fsp3) is 0.591. The molecule has 3 rings (SSSR count). The zero-order chi connectivity index (χ0) is 17.6. The number of nitrogens with one attached hydrogen (secondary N) is 1. The van der Waals surface area contributed by atoms with E-state index in [1.165, 1.54) is 24.0 Å². The van der Waals surface area contributed by atoms with Gasteiger partial charge in [0.2, 0.25) is 0 Å². The Morgan fingerprint density at radius 2 is 1.96 bits per heavy atom. The van der Waals surface area contributed by atoms with Gasteiger partial charge in [0, 0.05) is 18.2 Å². The van der Waals surface area contributed by atoms with Crippen LogP contribution in [0.15, 0.2) is 41.5 Å². The second-order valence-electron chi connectivity index (χ2n) is 7.56. The van der Waals surface area contributed by atoms with Gasteiger partial charge in [0.05, 0.1) is 0 Å². The maximum atomic E-state index is 12.8. The van der Waals surface area contributed by atoms with Crippen LogP contribution in [0.4, 0.5) is 0 Å². The molecule has 3 nitrogen and oxygen atoms in total. The van der Waals surface area contributed by atoms with Gasteiger partial charge in [-0.15, -0.1) is 0 Å². The quantitative estimate of drug-likeness (QED) is 0.759. The highest BCUT2D eigenvalue weighted by Gasteiger charge is 2.39. The summed E-state index contributed by atoms with van der Waals surface area (Å²) in [4.78, 5) is 15.0. The van der Waals surface area contributed by atoms with Crippen molar-refractivity contribution < 1.29 is 4.79 Å². The normalized spacial score (nSPS) is 21.6. The molecule has 1 aromatic carbocycles. The van der Waals surface area contributed by atoms with Crippen LogP contribution in [0.25, 0.3) is 0 Å². The van der Waals surface area contributed by atoms with Crippen molar-refractivity contribution in [1.82, 2.24) is 10.2 Å². The maximum absolute atomic E-state index is 12.8. The summed E-state index contributed by atoms with van der Waals surface area (Å²) in [6.07, 6.45) is 9.00. The predicted octanol–water partition coefficient (Wildman–Crippen LogP) is 4.44. The molecule has 0 fully saturated rings. The largest absolute Gasteiger partial charge is 0.319 e. The van der Waals surface area contributed by atoms with E-state index in [-0.39, 0.29) is 6.17 Å². The van der Waals surface area contributed by atoms with Gasteiger partial charge in [0.15, 0.2) is 0 Å². The van der Waals surface area contributed by atoms with Gasteiger partial charge in [-0.25, -0.2) is 0 Å². The Labute approximate surface area is 152 Å². The number of amides is 1. The van der Waals surface area contributed by atoms with Gasteiger partial charge in [-0.3, -0.25) is 10.1 Å². The molecule has 2 atom stereocenters. The number of hydrogen-bond donors (Lipinski definition) is 1. The average Bonchev–Trinajstić information content (AvgIpc) is 2.91. The Bertz CT molecular complexity index is 608. The molecular formula is C22H32N2O. The van der Waals surface area contributed by atoms with E-state index < -0.39 is 0 Å². The standard InChI is InChI=1S/C22H32N2O/c1-3-4-16-24-21(19-12-8-9-13-20(19)22(24)25)23-17(2)14-15-18-10-6-5-7-11-18/h5-7,10-11,17,21,23H,3-4,8-9,12-16H2,1-2H3/t17-,21+/m1/s1. The van der Waals surface area contributed by atoms with Crippen LogP contribution in [-0.2, 0) is 11.2 Å². The summed E-state index contributed by atoms with van der Waals surface area (Å²) in [5.41, 5.74) is 3.90. The lowest BCUT2D eigenvalue weighted by Crippen LogP contribution is -2.49. The van der Waals surface area contributed by atoms with E-state index in [0.29, 0.717) is 11.9 Å². The van der Waals surface area contributed by atoms with Gasteiger partial charge in [-0.05, 0) is 63.0 Å². The van der Waals surface area contributed by atoms with E-state index in [2.05, 4.69) is 54.4 Å². The van der Waals surface area contributed by atoms with Gasteiger partial charge < -0.3 is 4.90 Å². The number of aryl methyl sites for hydroxylation is 1. The summed E-state index contributed by atoms with van der Waals surface area (Å²) < 4.78 is 0. The highest BCUT2D eigenvalue weighted by Crippen LogP contribution is 2.35. The van der Waals surface area contributed by atoms with Crippen molar-refractivity contribution in [3.63, 3.8) is 0 Å². The van der Waals surface area contributed by atoms with Gasteiger partial charge >= 0.3 is 0 Å². The fourth-order valence-corrected chi connectivity index (χ4v) is 4.08. The van der Waals surface area contributed by atoms with Crippen LogP contribution in [0, 0.1) is 0 Å². The van der Waals surface area contributed by atoms with E-state index in [1.54, 1.807) is 0 Å². The molecule has 2 aliphatic rings. The van der Waals surface area contributed by atoms with Crippen LogP contribution in [0.5, 0.6) is 0 Å². The molecule has 0 bridgehead atoms. The summed E-state index contributed by atoms with van der Waals surface area (Å²) in [5, 5.41) is 3.78. The molecule has 1 aromatic rings. The number of carbonyl (C=O) groups is 1. The molecular weight excluding hydrogens is 308 g/mol. The first-order valence-electron chi connectivity index (χ1n) is 10.0. The van der Waals surface area contributed by atoms with E-state index in [1.807, 2.05) is 0 Å². The van der Waals surface area contributed by atoms with Crippen molar-refractivity contribution in [1.29, 1.82) is 0 Å². The van der Waals surface area contributed by atoms with Crippen LogP contribution >= 0.6 is 0 Å². The highest BCUT2D eigenvalue weighted by atomic mass is 16.2. The third-order valence-electron chi connectivity index (χ3n) is 5.58. The molecule has 1 N–H and O–H groups in total. The molecule has 1 heterocycles. The van der Waals surface area contributed by atoms with Crippen molar-refractivity contribution in [2.75, 3.05) is 6.54 Å². The zero-order valence-electron chi connectivity index (χ0n) is 15.8.